The number of esters is 2. The molecule has 0 unspecified atom stereocenters. The van der Waals surface area contributed by atoms with Crippen LogP contribution in [0.3, 0.4) is 0 Å². The summed E-state index contributed by atoms with van der Waals surface area (Å²) in [6, 6.07) is 13.4. The number of hydrogen-bond donors (Lipinski definition) is 0. The van der Waals surface area contributed by atoms with E-state index < -0.39 is 5.97 Å². The van der Waals surface area contributed by atoms with Crippen molar-refractivity contribution < 1.29 is 28.5 Å². The Morgan fingerprint density at radius 3 is 2.00 bits per heavy atom. The van der Waals surface area contributed by atoms with Crippen molar-refractivity contribution in [1.29, 1.82) is 0 Å². The van der Waals surface area contributed by atoms with Gasteiger partial charge in [-0.05, 0) is 48.5 Å². The van der Waals surface area contributed by atoms with Crippen LogP contribution in [0, 0.1) is 12.8 Å². The van der Waals surface area contributed by atoms with Crippen LogP contribution < -0.4 is 14.2 Å². The van der Waals surface area contributed by atoms with Crippen LogP contribution in [0.5, 0.6) is 17.2 Å². The molecule has 0 fully saturated rings. The Hall–Kier alpha value is -3.46. The second kappa shape index (κ2) is 12.8. The van der Waals surface area contributed by atoms with Gasteiger partial charge in [-0.25, -0.2) is 4.79 Å². The second-order valence-corrected chi connectivity index (χ2v) is 5.37. The van der Waals surface area contributed by atoms with E-state index in [1.54, 1.807) is 62.6 Å². The van der Waals surface area contributed by atoms with Crippen molar-refractivity contribution in [3.63, 3.8) is 0 Å². The fourth-order valence-electron chi connectivity index (χ4n) is 2.03. The van der Waals surface area contributed by atoms with E-state index in [4.69, 9.17) is 18.9 Å². The molecule has 0 bridgehead atoms. The molecule has 0 spiro atoms. The largest absolute Gasteiger partial charge is 0.497 e. The van der Waals surface area contributed by atoms with Crippen LogP contribution >= 0.6 is 0 Å². The van der Waals surface area contributed by atoms with Gasteiger partial charge in [0.05, 0.1) is 25.9 Å². The highest BCUT2D eigenvalue weighted by Gasteiger charge is 2.09. The number of hydrogen-bond acceptors (Lipinski definition) is 6. The maximum Gasteiger partial charge on any atom is 0.343 e. The molecule has 0 aromatic heterocycles. The summed E-state index contributed by atoms with van der Waals surface area (Å²) in [6.07, 6.45) is 8.97. The average molecular weight is 384 g/mol. The minimum absolute atomic E-state index is 0.218. The van der Waals surface area contributed by atoms with E-state index in [-0.39, 0.29) is 5.97 Å². The summed E-state index contributed by atoms with van der Waals surface area (Å²) < 4.78 is 20.9. The molecular formula is C22H24O6. The zero-order valence-corrected chi connectivity index (χ0v) is 16.1. The van der Waals surface area contributed by atoms with Gasteiger partial charge in [0.25, 0.3) is 0 Å². The molecule has 0 radical (unpaired) electrons. The molecule has 0 saturated heterocycles. The zero-order valence-electron chi connectivity index (χ0n) is 16.1. The van der Waals surface area contributed by atoms with Gasteiger partial charge in [-0.15, -0.1) is 12.8 Å². The second-order valence-electron chi connectivity index (χ2n) is 5.37. The fourth-order valence-corrected chi connectivity index (χ4v) is 2.03. The minimum Gasteiger partial charge on any atom is -0.497 e. The van der Waals surface area contributed by atoms with Gasteiger partial charge >= 0.3 is 11.9 Å². The monoisotopic (exact) mass is 384 g/mol. The van der Waals surface area contributed by atoms with Crippen molar-refractivity contribution in [2.24, 2.45) is 0 Å². The van der Waals surface area contributed by atoms with Crippen molar-refractivity contribution in [3.05, 3.63) is 54.1 Å². The van der Waals surface area contributed by atoms with Crippen molar-refractivity contribution in [1.82, 2.24) is 0 Å². The summed E-state index contributed by atoms with van der Waals surface area (Å²) in [6.45, 7) is 2.51. The third kappa shape index (κ3) is 7.83. The Morgan fingerprint density at radius 2 is 1.43 bits per heavy atom. The van der Waals surface area contributed by atoms with Gasteiger partial charge < -0.3 is 18.9 Å². The van der Waals surface area contributed by atoms with Crippen LogP contribution in [0.4, 0.5) is 0 Å². The van der Waals surface area contributed by atoms with Gasteiger partial charge in [0.2, 0.25) is 0 Å². The maximum atomic E-state index is 12.1. The van der Waals surface area contributed by atoms with Crippen molar-refractivity contribution >= 4 is 11.9 Å². The molecule has 0 aliphatic carbocycles. The maximum absolute atomic E-state index is 12.1. The highest BCUT2D eigenvalue weighted by Crippen LogP contribution is 2.19. The molecule has 0 N–H and O–H groups in total. The minimum atomic E-state index is -0.451. The predicted molar refractivity (Wildman–Crippen MR) is 106 cm³/mol. The summed E-state index contributed by atoms with van der Waals surface area (Å²) in [5, 5.41) is 0. The third-order valence-electron chi connectivity index (χ3n) is 3.47. The smallest absolute Gasteiger partial charge is 0.343 e. The molecule has 28 heavy (non-hydrogen) atoms. The quantitative estimate of drug-likeness (QED) is 0.283. The lowest BCUT2D eigenvalue weighted by molar-refractivity contribution is -0.143. The normalized spacial score (nSPS) is 9.43. The Balaban J connectivity index is 0.00000190. The summed E-state index contributed by atoms with van der Waals surface area (Å²) in [5.41, 5.74) is 0.421. The van der Waals surface area contributed by atoms with Gasteiger partial charge in [0.1, 0.15) is 17.2 Å². The highest BCUT2D eigenvalue weighted by atomic mass is 16.5. The van der Waals surface area contributed by atoms with E-state index in [0.29, 0.717) is 48.9 Å². The number of terminal acetylenes is 1. The SMILES string of the molecule is C#C.CCC(=O)OCCCOc1ccc(C(=O)Oc2ccc(OC)cc2)cc1. The van der Waals surface area contributed by atoms with Crippen LogP contribution in [-0.2, 0) is 9.53 Å². The Labute approximate surface area is 165 Å². The molecule has 2 aromatic carbocycles. The zero-order chi connectivity index (χ0) is 20.8. The Bertz CT molecular complexity index is 747. The van der Waals surface area contributed by atoms with Gasteiger partial charge in [0, 0.05) is 12.8 Å². The molecule has 0 aliphatic rings. The van der Waals surface area contributed by atoms with Gasteiger partial charge in [-0.2, -0.15) is 0 Å². The van der Waals surface area contributed by atoms with Crippen LogP contribution in [0.25, 0.3) is 0 Å². The number of carbonyl (C=O) groups is 2. The number of rotatable bonds is 9. The van der Waals surface area contributed by atoms with E-state index in [0.717, 1.165) is 0 Å². The lowest BCUT2D eigenvalue weighted by atomic mass is 10.2. The lowest BCUT2D eigenvalue weighted by Gasteiger charge is -2.08. The molecule has 0 heterocycles. The van der Waals surface area contributed by atoms with Gasteiger partial charge in [-0.3, -0.25) is 4.79 Å². The predicted octanol–water partition coefficient (Wildman–Crippen LogP) is 3.89. The van der Waals surface area contributed by atoms with E-state index in [1.807, 2.05) is 0 Å². The molecule has 6 heteroatoms. The number of benzene rings is 2. The summed E-state index contributed by atoms with van der Waals surface area (Å²) in [7, 11) is 1.57. The Morgan fingerprint density at radius 1 is 0.857 bits per heavy atom. The van der Waals surface area contributed by atoms with Crippen molar-refractivity contribution in [3.8, 4) is 30.1 Å². The number of methoxy groups -OCH3 is 1. The first-order valence-corrected chi connectivity index (χ1v) is 8.70. The summed E-state index contributed by atoms with van der Waals surface area (Å²) >= 11 is 0. The first kappa shape index (κ1) is 22.6. The summed E-state index contributed by atoms with van der Waals surface area (Å²) in [4.78, 5) is 23.1. The van der Waals surface area contributed by atoms with Crippen LogP contribution in [0.1, 0.15) is 30.1 Å². The molecule has 0 atom stereocenters. The number of carbonyl (C=O) groups excluding carboxylic acids is 2. The van der Waals surface area contributed by atoms with E-state index in [2.05, 4.69) is 12.8 Å². The lowest BCUT2D eigenvalue weighted by Crippen LogP contribution is -2.09. The van der Waals surface area contributed by atoms with Crippen molar-refractivity contribution in [2.75, 3.05) is 20.3 Å². The molecule has 0 saturated carbocycles. The van der Waals surface area contributed by atoms with Gasteiger partial charge in [0.15, 0.2) is 0 Å². The van der Waals surface area contributed by atoms with Crippen molar-refractivity contribution in [2.45, 2.75) is 19.8 Å². The molecule has 6 nitrogen and oxygen atoms in total. The standard InChI is InChI=1S/C20H22O6.C2H2/c1-3-19(21)25-14-4-13-24-17-7-5-15(6-8-17)20(22)26-18-11-9-16(23-2)10-12-18;1-2/h5-12H,3-4,13-14H2,1-2H3;1-2H. The van der Waals surface area contributed by atoms with E-state index in [9.17, 15) is 9.59 Å². The average Bonchev–Trinajstić information content (AvgIpc) is 2.75. The molecule has 2 aromatic rings. The third-order valence-corrected chi connectivity index (χ3v) is 3.47. The molecule has 148 valence electrons. The molecule has 0 aliphatic heterocycles. The molecule has 2 rings (SSSR count). The van der Waals surface area contributed by atoms with Gasteiger partial charge in [-0.1, -0.05) is 6.92 Å². The number of ether oxygens (including phenoxy) is 4. The molecular weight excluding hydrogens is 360 g/mol. The first-order chi connectivity index (χ1) is 13.6. The first-order valence-electron chi connectivity index (χ1n) is 8.70. The Kier molecular flexibility index (Phi) is 10.3. The van der Waals surface area contributed by atoms with Crippen LogP contribution in [0.2, 0.25) is 0 Å². The van der Waals surface area contributed by atoms with Crippen LogP contribution in [-0.4, -0.2) is 32.3 Å². The fraction of sp³-hybridized carbons (Fsp3) is 0.273. The topological polar surface area (TPSA) is 71.1 Å². The van der Waals surface area contributed by atoms with E-state index >= 15 is 0 Å². The van der Waals surface area contributed by atoms with Crippen LogP contribution in [0.15, 0.2) is 48.5 Å². The summed E-state index contributed by atoms with van der Waals surface area (Å²) in [5.74, 6) is 1.10. The highest BCUT2D eigenvalue weighted by molar-refractivity contribution is 5.91. The van der Waals surface area contributed by atoms with E-state index in [1.165, 1.54) is 0 Å². The molecule has 0 amide bonds.